The predicted octanol–water partition coefficient (Wildman–Crippen LogP) is 4.76. The van der Waals surface area contributed by atoms with E-state index in [2.05, 4.69) is 17.9 Å². The summed E-state index contributed by atoms with van der Waals surface area (Å²) >= 11 is 0. The third kappa shape index (κ3) is 9.15. The Morgan fingerprint density at radius 1 is 0.938 bits per heavy atom. The maximum absolute atomic E-state index is 13.8. The van der Waals surface area contributed by atoms with E-state index in [9.17, 15) is 13.5 Å². The van der Waals surface area contributed by atoms with Gasteiger partial charge in [-0.3, -0.25) is 0 Å². The standard InChI is InChI=1S/C37H50N2O8S/c1-27-6-13-32(14-7-27)48(41,42)39-21-34(40)37(31-11-8-29(9-12-31)25-45-24-28(2)23-44-4)36(22-39)47-26-30-10-15-35-33(20-30)38(17-19-46-35)16-5-18-43-3/h6-15,20,28,34,36-37,40H,5,16-19,21-26H2,1-4H3/t28?,34-,36+,37+/m1/s1. The van der Waals surface area contributed by atoms with Gasteiger partial charge >= 0.3 is 0 Å². The van der Waals surface area contributed by atoms with Crippen molar-refractivity contribution in [1.29, 1.82) is 0 Å². The van der Waals surface area contributed by atoms with Crippen molar-refractivity contribution in [3.63, 3.8) is 0 Å². The second-order valence-electron chi connectivity index (χ2n) is 12.9. The first-order chi connectivity index (χ1) is 23.2. The molecular weight excluding hydrogens is 632 g/mol. The van der Waals surface area contributed by atoms with Crippen LogP contribution in [0.5, 0.6) is 5.75 Å². The number of piperidine rings is 1. The van der Waals surface area contributed by atoms with E-state index < -0.39 is 28.1 Å². The van der Waals surface area contributed by atoms with Gasteiger partial charge in [0, 0.05) is 52.3 Å². The molecule has 10 nitrogen and oxygen atoms in total. The number of fused-ring (bicyclic) bond motifs is 1. The lowest BCUT2D eigenvalue weighted by Gasteiger charge is -2.41. The maximum Gasteiger partial charge on any atom is 0.243 e. The molecule has 2 aliphatic rings. The first kappa shape index (κ1) is 36.3. The molecule has 1 saturated heterocycles. The van der Waals surface area contributed by atoms with Crippen molar-refractivity contribution in [2.24, 2.45) is 5.92 Å². The Balaban J connectivity index is 1.35. The number of benzene rings is 3. The Bertz CT molecular complexity index is 1550. The van der Waals surface area contributed by atoms with Crippen molar-refractivity contribution >= 4 is 15.7 Å². The number of anilines is 1. The highest BCUT2D eigenvalue weighted by atomic mass is 32.2. The summed E-state index contributed by atoms with van der Waals surface area (Å²) in [6.07, 6.45) is -0.674. The topological polar surface area (TPSA) is 107 Å². The molecule has 2 heterocycles. The Morgan fingerprint density at radius 2 is 1.69 bits per heavy atom. The van der Waals surface area contributed by atoms with Crippen LogP contribution in [0.2, 0.25) is 0 Å². The SMILES string of the molecule is COCCCN1CCOc2ccc(CO[C@H]3CN(S(=O)(=O)c4ccc(C)cc4)C[C@@H](O)[C@@H]3c3ccc(COCC(C)COC)cc3)cc21. The molecule has 3 aromatic rings. The summed E-state index contributed by atoms with van der Waals surface area (Å²) in [5, 5.41) is 11.6. The Labute approximate surface area is 285 Å². The van der Waals surface area contributed by atoms with Crippen molar-refractivity contribution in [2.45, 2.75) is 56.5 Å². The second-order valence-corrected chi connectivity index (χ2v) is 14.8. The van der Waals surface area contributed by atoms with Crippen LogP contribution in [0.4, 0.5) is 5.69 Å². The molecule has 0 spiro atoms. The summed E-state index contributed by atoms with van der Waals surface area (Å²) in [5.41, 5.74) is 4.83. The third-order valence-corrected chi connectivity index (χ3v) is 10.8. The lowest BCUT2D eigenvalue weighted by Crippen LogP contribution is -2.53. The minimum absolute atomic E-state index is 0.0321. The van der Waals surface area contributed by atoms with Crippen molar-refractivity contribution in [1.82, 2.24) is 4.31 Å². The molecule has 0 saturated carbocycles. The van der Waals surface area contributed by atoms with Gasteiger partial charge in [0.05, 0.1) is 55.8 Å². The molecule has 2 aliphatic heterocycles. The van der Waals surface area contributed by atoms with Crippen LogP contribution in [0.1, 0.15) is 41.5 Å². The number of methoxy groups -OCH3 is 2. The zero-order valence-corrected chi connectivity index (χ0v) is 29.4. The summed E-state index contributed by atoms with van der Waals surface area (Å²) in [7, 11) is -0.464. The summed E-state index contributed by atoms with van der Waals surface area (Å²) < 4.78 is 57.7. The molecule has 11 heteroatoms. The zero-order chi connectivity index (χ0) is 34.1. The Kier molecular flexibility index (Phi) is 12.9. The molecule has 0 aromatic heterocycles. The highest BCUT2D eigenvalue weighted by Crippen LogP contribution is 2.36. The van der Waals surface area contributed by atoms with Gasteiger partial charge in [0.2, 0.25) is 10.0 Å². The van der Waals surface area contributed by atoms with Gasteiger partial charge in [0.25, 0.3) is 0 Å². The molecule has 0 amide bonds. The van der Waals surface area contributed by atoms with Crippen molar-refractivity contribution in [3.8, 4) is 5.75 Å². The van der Waals surface area contributed by atoms with Crippen LogP contribution in [0.25, 0.3) is 0 Å². The van der Waals surface area contributed by atoms with Crippen LogP contribution >= 0.6 is 0 Å². The van der Waals surface area contributed by atoms with E-state index in [0.29, 0.717) is 39.0 Å². The largest absolute Gasteiger partial charge is 0.490 e. The van der Waals surface area contributed by atoms with E-state index >= 15 is 0 Å². The number of aryl methyl sites for hydroxylation is 1. The van der Waals surface area contributed by atoms with Crippen LogP contribution in [0.15, 0.2) is 71.6 Å². The molecule has 0 bridgehead atoms. The number of ether oxygens (including phenoxy) is 5. The highest BCUT2D eigenvalue weighted by Gasteiger charge is 2.42. The molecule has 3 aromatic carbocycles. The second kappa shape index (κ2) is 17.1. The van der Waals surface area contributed by atoms with E-state index in [1.807, 2.05) is 43.3 Å². The van der Waals surface area contributed by atoms with Gasteiger partial charge in [-0.05, 0) is 54.3 Å². The molecule has 1 fully saturated rings. The number of rotatable bonds is 16. The summed E-state index contributed by atoms with van der Waals surface area (Å²) in [6.45, 7) is 8.97. The van der Waals surface area contributed by atoms with Gasteiger partial charge < -0.3 is 33.7 Å². The van der Waals surface area contributed by atoms with Crippen molar-refractivity contribution in [2.75, 3.05) is 71.7 Å². The molecule has 0 aliphatic carbocycles. The van der Waals surface area contributed by atoms with E-state index in [1.165, 1.54) is 4.31 Å². The molecule has 262 valence electrons. The number of β-amino-alcohol motifs (C(OH)–C–C–N with tert-alkyl or cyclic N) is 1. The van der Waals surface area contributed by atoms with Gasteiger partial charge in [-0.1, -0.05) is 55.0 Å². The van der Waals surface area contributed by atoms with Crippen LogP contribution < -0.4 is 9.64 Å². The highest BCUT2D eigenvalue weighted by molar-refractivity contribution is 7.89. The van der Waals surface area contributed by atoms with Crippen LogP contribution in [-0.2, 0) is 42.2 Å². The van der Waals surface area contributed by atoms with Crippen molar-refractivity contribution in [3.05, 3.63) is 89.0 Å². The normalized spacial score (nSPS) is 20.7. The smallest absolute Gasteiger partial charge is 0.243 e. The van der Waals surface area contributed by atoms with Gasteiger partial charge in [-0.2, -0.15) is 4.31 Å². The van der Waals surface area contributed by atoms with Gasteiger partial charge in [0.15, 0.2) is 0 Å². The van der Waals surface area contributed by atoms with Crippen molar-refractivity contribution < 1.29 is 37.2 Å². The summed E-state index contributed by atoms with van der Waals surface area (Å²) in [4.78, 5) is 2.50. The summed E-state index contributed by atoms with van der Waals surface area (Å²) in [6, 6.07) is 20.8. The van der Waals surface area contributed by atoms with E-state index in [0.717, 1.165) is 53.2 Å². The van der Waals surface area contributed by atoms with Crippen LogP contribution in [0.3, 0.4) is 0 Å². The fourth-order valence-corrected chi connectivity index (χ4v) is 7.87. The average Bonchev–Trinajstić information content (AvgIpc) is 3.08. The number of aliphatic hydroxyl groups is 1. The van der Waals surface area contributed by atoms with E-state index in [-0.39, 0.29) is 24.6 Å². The molecule has 1 unspecified atom stereocenters. The quantitative estimate of drug-likeness (QED) is 0.214. The molecule has 48 heavy (non-hydrogen) atoms. The maximum atomic E-state index is 13.8. The summed E-state index contributed by atoms with van der Waals surface area (Å²) in [5.74, 6) is 0.698. The predicted molar refractivity (Wildman–Crippen MR) is 185 cm³/mol. The third-order valence-electron chi connectivity index (χ3n) is 8.96. The number of nitrogens with zero attached hydrogens (tertiary/aromatic N) is 2. The van der Waals surface area contributed by atoms with Crippen LogP contribution in [0, 0.1) is 12.8 Å². The van der Waals surface area contributed by atoms with Gasteiger partial charge in [-0.25, -0.2) is 8.42 Å². The number of hydrogen-bond acceptors (Lipinski definition) is 9. The molecule has 0 radical (unpaired) electrons. The lowest BCUT2D eigenvalue weighted by molar-refractivity contribution is -0.0534. The number of aliphatic hydroxyl groups excluding tert-OH is 1. The van der Waals surface area contributed by atoms with Gasteiger partial charge in [-0.15, -0.1) is 0 Å². The first-order valence-corrected chi connectivity index (χ1v) is 18.1. The van der Waals surface area contributed by atoms with E-state index in [4.69, 9.17) is 23.7 Å². The minimum Gasteiger partial charge on any atom is -0.490 e. The fraction of sp³-hybridized carbons (Fsp3) is 0.514. The Morgan fingerprint density at radius 3 is 2.42 bits per heavy atom. The minimum atomic E-state index is -3.86. The number of hydrogen-bond donors (Lipinski definition) is 1. The zero-order valence-electron chi connectivity index (χ0n) is 28.5. The number of sulfonamides is 1. The molecular formula is C37H50N2O8S. The lowest BCUT2D eigenvalue weighted by atomic mass is 9.85. The van der Waals surface area contributed by atoms with Gasteiger partial charge in [0.1, 0.15) is 12.4 Å². The Hall–Kier alpha value is -3.03. The molecule has 1 N–H and O–H groups in total. The average molecular weight is 683 g/mol. The first-order valence-electron chi connectivity index (χ1n) is 16.7. The molecule has 4 atom stereocenters. The monoisotopic (exact) mass is 682 g/mol. The van der Waals surface area contributed by atoms with E-state index in [1.54, 1.807) is 38.5 Å². The van der Waals surface area contributed by atoms with Crippen LogP contribution in [-0.4, -0.2) is 96.9 Å². The molecule has 5 rings (SSSR count). The fourth-order valence-electron chi connectivity index (χ4n) is 6.40.